The van der Waals surface area contributed by atoms with E-state index in [1.807, 2.05) is 18.2 Å². The van der Waals surface area contributed by atoms with Crippen molar-refractivity contribution in [1.82, 2.24) is 5.06 Å². The molecule has 0 saturated heterocycles. The lowest BCUT2D eigenvalue weighted by molar-refractivity contribution is -0.162. The molecule has 0 radical (unpaired) electrons. The number of carbonyl (C=O) groups is 1. The van der Waals surface area contributed by atoms with Gasteiger partial charge in [-0.1, -0.05) is 6.07 Å². The molecule has 5 heteroatoms. The summed E-state index contributed by atoms with van der Waals surface area (Å²) in [6, 6.07) is 5.48. The molecule has 1 aromatic rings. The molecule has 5 nitrogen and oxygen atoms in total. The Morgan fingerprint density at radius 2 is 2.18 bits per heavy atom. The van der Waals surface area contributed by atoms with Gasteiger partial charge in [-0.15, -0.1) is 0 Å². The van der Waals surface area contributed by atoms with Gasteiger partial charge < -0.3 is 9.47 Å². The average molecular weight is 235 g/mol. The summed E-state index contributed by atoms with van der Waals surface area (Å²) >= 11 is 0. The maximum Gasteiger partial charge on any atom is 0.269 e. The molecule has 0 spiro atoms. The highest BCUT2D eigenvalue weighted by atomic mass is 16.7. The van der Waals surface area contributed by atoms with Crippen LogP contribution in [0.25, 0.3) is 6.08 Å². The normalized spacial score (nSPS) is 13.1. The molecule has 0 saturated carbocycles. The van der Waals surface area contributed by atoms with E-state index in [1.165, 1.54) is 13.2 Å². The fourth-order valence-corrected chi connectivity index (χ4v) is 1.38. The first-order chi connectivity index (χ1) is 8.20. The summed E-state index contributed by atoms with van der Waals surface area (Å²) in [6.45, 7) is 0.244. The molecule has 17 heavy (non-hydrogen) atoms. The van der Waals surface area contributed by atoms with Gasteiger partial charge in [0, 0.05) is 13.1 Å². The number of carbonyl (C=O) groups excluding carboxylic acids is 1. The molecular formula is C12H13NO4. The summed E-state index contributed by atoms with van der Waals surface area (Å²) in [7, 11) is 2.98. The third kappa shape index (κ3) is 2.57. The van der Waals surface area contributed by atoms with Crippen LogP contribution in [0.15, 0.2) is 24.3 Å². The predicted octanol–water partition coefficient (Wildman–Crippen LogP) is 1.45. The van der Waals surface area contributed by atoms with Crippen molar-refractivity contribution in [3.05, 3.63) is 29.8 Å². The summed E-state index contributed by atoms with van der Waals surface area (Å²) in [5.41, 5.74) is 0.868. The molecule has 0 unspecified atom stereocenters. The smallest absolute Gasteiger partial charge is 0.269 e. The molecule has 0 aromatic heterocycles. The number of nitrogens with zero attached hydrogens (tertiary/aromatic N) is 1. The molecule has 0 atom stereocenters. The number of benzene rings is 1. The van der Waals surface area contributed by atoms with Crippen molar-refractivity contribution in [2.75, 3.05) is 21.0 Å². The third-order valence-corrected chi connectivity index (χ3v) is 2.40. The number of ether oxygens (including phenoxy) is 2. The van der Waals surface area contributed by atoms with Crippen molar-refractivity contribution in [3.63, 3.8) is 0 Å². The van der Waals surface area contributed by atoms with Gasteiger partial charge in [-0.2, -0.15) is 0 Å². The number of rotatable bonds is 3. The number of hydrogen-bond acceptors (Lipinski definition) is 4. The van der Waals surface area contributed by atoms with Crippen LogP contribution < -0.4 is 9.47 Å². The quantitative estimate of drug-likeness (QED) is 0.587. The highest BCUT2D eigenvalue weighted by Crippen LogP contribution is 2.32. The van der Waals surface area contributed by atoms with Gasteiger partial charge in [0.2, 0.25) is 6.79 Å². The van der Waals surface area contributed by atoms with Gasteiger partial charge in [-0.05, 0) is 23.8 Å². The van der Waals surface area contributed by atoms with Crippen molar-refractivity contribution in [3.8, 4) is 11.5 Å². The van der Waals surface area contributed by atoms with Crippen LogP contribution in [-0.2, 0) is 9.63 Å². The molecule has 1 aliphatic rings. The Kier molecular flexibility index (Phi) is 3.30. The highest BCUT2D eigenvalue weighted by Gasteiger charge is 2.12. The van der Waals surface area contributed by atoms with Crippen molar-refractivity contribution in [2.24, 2.45) is 0 Å². The first-order valence-electron chi connectivity index (χ1n) is 5.10. The van der Waals surface area contributed by atoms with Gasteiger partial charge in [0.15, 0.2) is 11.5 Å². The van der Waals surface area contributed by atoms with E-state index >= 15 is 0 Å². The molecule has 1 aromatic carbocycles. The Morgan fingerprint density at radius 3 is 2.94 bits per heavy atom. The summed E-state index contributed by atoms with van der Waals surface area (Å²) in [4.78, 5) is 16.2. The topological polar surface area (TPSA) is 48.0 Å². The molecule has 0 bridgehead atoms. The fourth-order valence-electron chi connectivity index (χ4n) is 1.38. The molecule has 0 fully saturated rings. The standard InChI is InChI=1S/C12H13NO4/c1-13(15-2)12(14)6-4-9-3-5-10-11(7-9)17-8-16-10/h3-7H,8H2,1-2H3. The monoisotopic (exact) mass is 235 g/mol. The van der Waals surface area contributed by atoms with E-state index in [0.717, 1.165) is 16.4 Å². The van der Waals surface area contributed by atoms with Crippen LogP contribution in [0.5, 0.6) is 11.5 Å². The van der Waals surface area contributed by atoms with Gasteiger partial charge in [0.05, 0.1) is 7.11 Å². The number of hydrogen-bond donors (Lipinski definition) is 0. The second kappa shape index (κ2) is 4.88. The maximum atomic E-state index is 11.4. The zero-order valence-electron chi connectivity index (χ0n) is 9.67. The molecule has 0 aliphatic carbocycles. The first-order valence-corrected chi connectivity index (χ1v) is 5.10. The zero-order valence-corrected chi connectivity index (χ0v) is 9.67. The fraction of sp³-hybridized carbons (Fsp3) is 0.250. The van der Waals surface area contributed by atoms with Crippen LogP contribution >= 0.6 is 0 Å². The minimum absolute atomic E-state index is 0.231. The van der Waals surface area contributed by atoms with Gasteiger partial charge in [-0.25, -0.2) is 5.06 Å². The van der Waals surface area contributed by atoms with Crippen LogP contribution in [0.4, 0.5) is 0 Å². The van der Waals surface area contributed by atoms with Crippen molar-refractivity contribution >= 4 is 12.0 Å². The number of fused-ring (bicyclic) bond motifs is 1. The SMILES string of the molecule is CON(C)C(=O)C=Cc1ccc2c(c1)OCO2. The highest BCUT2D eigenvalue weighted by molar-refractivity contribution is 5.90. The zero-order chi connectivity index (χ0) is 12.3. The molecule has 2 rings (SSSR count). The van der Waals surface area contributed by atoms with Crippen molar-refractivity contribution in [1.29, 1.82) is 0 Å². The van der Waals surface area contributed by atoms with Crippen LogP contribution in [0.2, 0.25) is 0 Å². The summed E-state index contributed by atoms with van der Waals surface area (Å²) < 4.78 is 10.4. The molecule has 1 aliphatic heterocycles. The Balaban J connectivity index is 2.09. The average Bonchev–Trinajstić information content (AvgIpc) is 2.82. The largest absolute Gasteiger partial charge is 0.454 e. The number of hydroxylamine groups is 2. The Morgan fingerprint density at radius 1 is 1.41 bits per heavy atom. The summed E-state index contributed by atoms with van der Waals surface area (Å²) in [5, 5.41) is 1.14. The van der Waals surface area contributed by atoms with E-state index < -0.39 is 0 Å². The van der Waals surface area contributed by atoms with Crippen LogP contribution in [0.1, 0.15) is 5.56 Å². The van der Waals surface area contributed by atoms with Gasteiger partial charge >= 0.3 is 0 Å². The molecule has 90 valence electrons. The lowest BCUT2D eigenvalue weighted by Gasteiger charge is -2.09. The van der Waals surface area contributed by atoms with Crippen LogP contribution in [0.3, 0.4) is 0 Å². The molecule has 0 N–H and O–H groups in total. The summed E-state index contributed by atoms with van der Waals surface area (Å²) in [5.74, 6) is 1.19. The second-order valence-corrected chi connectivity index (χ2v) is 3.46. The Bertz CT molecular complexity index is 456. The Labute approximate surface area is 99.1 Å². The van der Waals surface area contributed by atoms with E-state index in [4.69, 9.17) is 14.3 Å². The van der Waals surface area contributed by atoms with E-state index in [-0.39, 0.29) is 12.7 Å². The van der Waals surface area contributed by atoms with Gasteiger partial charge in [-0.3, -0.25) is 9.63 Å². The first kappa shape index (κ1) is 11.5. The third-order valence-electron chi connectivity index (χ3n) is 2.40. The predicted molar refractivity (Wildman–Crippen MR) is 61.4 cm³/mol. The van der Waals surface area contributed by atoms with Crippen LogP contribution in [0, 0.1) is 0 Å². The van der Waals surface area contributed by atoms with Crippen LogP contribution in [-0.4, -0.2) is 31.9 Å². The molecular weight excluding hydrogens is 222 g/mol. The van der Waals surface area contributed by atoms with Crippen molar-refractivity contribution < 1.29 is 19.1 Å². The second-order valence-electron chi connectivity index (χ2n) is 3.46. The molecule has 1 heterocycles. The van der Waals surface area contributed by atoms with E-state index in [2.05, 4.69) is 0 Å². The van der Waals surface area contributed by atoms with E-state index in [0.29, 0.717) is 5.75 Å². The Hall–Kier alpha value is -2.01. The van der Waals surface area contributed by atoms with Gasteiger partial charge in [0.25, 0.3) is 5.91 Å². The number of amides is 1. The minimum atomic E-state index is -0.231. The van der Waals surface area contributed by atoms with Gasteiger partial charge in [0.1, 0.15) is 0 Å². The minimum Gasteiger partial charge on any atom is -0.454 e. The maximum absolute atomic E-state index is 11.4. The lowest BCUT2D eigenvalue weighted by Crippen LogP contribution is -2.22. The van der Waals surface area contributed by atoms with E-state index in [9.17, 15) is 4.79 Å². The number of likely N-dealkylation sites (N-methyl/N-ethyl adjacent to an activating group) is 1. The molecule has 1 amide bonds. The van der Waals surface area contributed by atoms with E-state index in [1.54, 1.807) is 13.1 Å². The lowest BCUT2D eigenvalue weighted by atomic mass is 10.2. The summed E-state index contributed by atoms with van der Waals surface area (Å²) in [6.07, 6.45) is 3.13. The van der Waals surface area contributed by atoms with Crippen molar-refractivity contribution in [2.45, 2.75) is 0 Å².